The molecule has 7 heteroatoms. The predicted octanol–water partition coefficient (Wildman–Crippen LogP) is 17.9. The van der Waals surface area contributed by atoms with Crippen molar-refractivity contribution >= 4 is 7.74 Å². The minimum atomic E-state index is -4.97. The van der Waals surface area contributed by atoms with Crippen LogP contribution < -0.4 is 17.2 Å². The van der Waals surface area contributed by atoms with Gasteiger partial charge >= 0.3 is 271 Å². The van der Waals surface area contributed by atoms with Gasteiger partial charge in [-0.05, 0) is 25.7 Å². The summed E-state index contributed by atoms with van der Waals surface area (Å²) >= 11 is -4.97. The van der Waals surface area contributed by atoms with Crippen molar-refractivity contribution in [2.24, 2.45) is 0 Å². The maximum absolute atomic E-state index is 17.1. The van der Waals surface area contributed by atoms with Crippen molar-refractivity contribution < 1.29 is 43.6 Å². The first-order chi connectivity index (χ1) is 32.0. The van der Waals surface area contributed by atoms with Gasteiger partial charge < -0.3 is 0 Å². The van der Waals surface area contributed by atoms with E-state index in [9.17, 15) is 0 Å². The molecule has 0 spiro atoms. The first kappa shape index (κ1) is 54.5. The van der Waals surface area contributed by atoms with E-state index >= 15 is 17.6 Å². The Labute approximate surface area is 396 Å². The van der Waals surface area contributed by atoms with Crippen molar-refractivity contribution in [1.29, 1.82) is 0 Å². The van der Waals surface area contributed by atoms with Gasteiger partial charge in [0, 0.05) is 0 Å². The summed E-state index contributed by atoms with van der Waals surface area (Å²) in [4.78, 5) is 0. The van der Waals surface area contributed by atoms with Crippen molar-refractivity contribution in [3.8, 4) is 11.5 Å². The molecule has 2 aromatic rings. The van der Waals surface area contributed by atoms with Gasteiger partial charge in [-0.1, -0.05) is 102 Å². The molecular weight excluding hydrogens is 852 g/mol. The Morgan fingerprint density at radius 3 is 1.08 bits per heavy atom. The van der Waals surface area contributed by atoms with Crippen LogP contribution in [-0.4, -0.2) is 13.2 Å². The van der Waals surface area contributed by atoms with Gasteiger partial charge in [0.05, 0.1) is 0 Å². The Morgan fingerprint density at radius 1 is 0.431 bits per heavy atom. The van der Waals surface area contributed by atoms with Crippen LogP contribution in [0.5, 0.6) is 11.5 Å². The normalized spacial score (nSPS) is 13.8. The third-order valence-electron chi connectivity index (χ3n) is 13.2. The van der Waals surface area contributed by atoms with Crippen molar-refractivity contribution in [3.05, 3.63) is 116 Å². The fourth-order valence-electron chi connectivity index (χ4n) is 9.46. The number of allylic oxidation sites excluding steroid dienone is 12. The van der Waals surface area contributed by atoms with E-state index in [-0.39, 0.29) is 32.4 Å². The molecular formula is C58H84F4O2Ti. The van der Waals surface area contributed by atoms with Crippen molar-refractivity contribution in [1.82, 2.24) is 0 Å². The summed E-state index contributed by atoms with van der Waals surface area (Å²) in [5.74, 6) is -3.47. The van der Waals surface area contributed by atoms with Crippen LogP contribution in [0.25, 0.3) is 0 Å². The standard InChI is InChI=1S/2C24H37F2O.2C5H5.Ti/c2*1-2-3-4-5-6-7-8-9-10-11-12-13-14-15-16-17-20-27-24-19-18-22(25)21-23(24)26;2*1-2-4-5-3-1;/h2*9-10,18-19H,2-8,11-17,20H2,1H3;2*1-3H,4H2;. The number of hydrogen-bond donors (Lipinski definition) is 0. The molecule has 0 atom stereocenters. The molecule has 65 heavy (non-hydrogen) atoms. The fraction of sp³-hybridized carbons (Fsp3) is 0.586. The molecule has 2 aliphatic rings. The predicted molar refractivity (Wildman–Crippen MR) is 266 cm³/mol. The molecule has 0 heterocycles. The van der Waals surface area contributed by atoms with E-state index in [1.807, 2.05) is 36.5 Å². The third kappa shape index (κ3) is 18.5. The molecule has 0 saturated carbocycles. The Balaban J connectivity index is 1.32. The molecule has 2 aliphatic carbocycles. The first-order valence-electron chi connectivity index (χ1n) is 26.2. The summed E-state index contributed by atoms with van der Waals surface area (Å²) in [5.41, 5.74) is 0. The summed E-state index contributed by atoms with van der Waals surface area (Å²) in [5, 5.41) is 0. The summed E-state index contributed by atoms with van der Waals surface area (Å²) < 4.78 is 80.2. The van der Waals surface area contributed by atoms with Crippen LogP contribution in [0.15, 0.2) is 92.8 Å². The average Bonchev–Trinajstić information content (AvgIpc) is 4.06. The van der Waals surface area contributed by atoms with Gasteiger partial charge in [-0.15, -0.1) is 0 Å². The maximum atomic E-state index is 17.1. The van der Waals surface area contributed by atoms with Gasteiger partial charge in [0.25, 0.3) is 0 Å². The van der Waals surface area contributed by atoms with Gasteiger partial charge in [-0.2, -0.15) is 0 Å². The average molecular weight is 937 g/mol. The van der Waals surface area contributed by atoms with Crippen molar-refractivity contribution in [3.63, 3.8) is 0 Å². The Hall–Kier alpha value is -3.09. The number of hydrogen-bond acceptors (Lipinski definition) is 2. The van der Waals surface area contributed by atoms with Crippen LogP contribution >= 0.6 is 0 Å². The Morgan fingerprint density at radius 2 is 0.754 bits per heavy atom. The molecule has 360 valence electrons. The Bertz CT molecular complexity index is 1690. The quantitative estimate of drug-likeness (QED) is 0.0289. The summed E-state index contributed by atoms with van der Waals surface area (Å²) in [6, 6.07) is 5.08. The zero-order valence-electron chi connectivity index (χ0n) is 40.5. The van der Waals surface area contributed by atoms with E-state index in [2.05, 4.69) is 38.2 Å². The number of ether oxygens (including phenoxy) is 2. The van der Waals surface area contributed by atoms with Crippen LogP contribution in [0.1, 0.15) is 206 Å². The second kappa shape index (κ2) is 33.4. The number of halogens is 4. The first-order valence-corrected chi connectivity index (χ1v) is 29.3. The second-order valence-electron chi connectivity index (χ2n) is 18.4. The Kier molecular flexibility index (Phi) is 28.0. The molecule has 0 saturated heterocycles. The molecule has 2 nitrogen and oxygen atoms in total. The number of rotatable bonds is 38. The van der Waals surface area contributed by atoms with Crippen LogP contribution in [-0.2, 0) is 16.6 Å². The molecule has 2 aromatic carbocycles. The van der Waals surface area contributed by atoms with E-state index in [4.69, 9.17) is 9.47 Å². The monoisotopic (exact) mass is 937 g/mol. The SMILES string of the molecule is CCCCCCCCC=CCCCCCCCCOc1ccc(F)[c]([Ti]([C]2=CC=CC2)([C]2=CC=CC2)[c]2c(F)ccc(OCCCCCCCCC=CCCCCCCCC)c2F)c1F. The zero-order chi connectivity index (χ0) is 46.2. The number of benzene rings is 2. The molecule has 0 bridgehead atoms. The molecule has 0 amide bonds. The molecule has 0 fully saturated rings. The third-order valence-corrected chi connectivity index (χ3v) is 21.1. The van der Waals surface area contributed by atoms with E-state index < -0.39 is 39.9 Å². The molecule has 0 aromatic heterocycles. The van der Waals surface area contributed by atoms with Crippen molar-refractivity contribution in [2.45, 2.75) is 206 Å². The van der Waals surface area contributed by atoms with E-state index in [0.29, 0.717) is 20.6 Å². The van der Waals surface area contributed by atoms with E-state index in [1.54, 1.807) is 0 Å². The van der Waals surface area contributed by atoms with Gasteiger partial charge in [0.15, 0.2) is 0 Å². The van der Waals surface area contributed by atoms with Gasteiger partial charge in [-0.3, -0.25) is 0 Å². The van der Waals surface area contributed by atoms with Crippen LogP contribution in [0, 0.1) is 23.3 Å². The number of unbranched alkanes of at least 4 members (excludes halogenated alkanes) is 24. The van der Waals surface area contributed by atoms with Gasteiger partial charge in [0.1, 0.15) is 0 Å². The van der Waals surface area contributed by atoms with Crippen LogP contribution in [0.2, 0.25) is 0 Å². The van der Waals surface area contributed by atoms with Gasteiger partial charge in [0.2, 0.25) is 0 Å². The van der Waals surface area contributed by atoms with E-state index in [0.717, 1.165) is 64.2 Å². The summed E-state index contributed by atoms with van der Waals surface area (Å²) in [7, 11) is 0. The second-order valence-corrected chi connectivity index (χ2v) is 24.3. The minimum absolute atomic E-state index is 0.0737. The molecule has 0 unspecified atom stereocenters. The molecule has 4 rings (SSSR count). The molecule has 0 N–H and O–H groups in total. The topological polar surface area (TPSA) is 18.5 Å². The van der Waals surface area contributed by atoms with Crippen LogP contribution in [0.4, 0.5) is 17.6 Å². The van der Waals surface area contributed by atoms with Crippen molar-refractivity contribution in [2.75, 3.05) is 13.2 Å². The fourth-order valence-corrected chi connectivity index (χ4v) is 17.7. The van der Waals surface area contributed by atoms with Crippen LogP contribution in [0.3, 0.4) is 0 Å². The summed E-state index contributed by atoms with van der Waals surface area (Å²) in [6.07, 6.45) is 54.2. The zero-order valence-corrected chi connectivity index (χ0v) is 42.1. The molecule has 0 aliphatic heterocycles. The summed E-state index contributed by atoms with van der Waals surface area (Å²) in [6.45, 7) is 5.07. The van der Waals surface area contributed by atoms with E-state index in [1.165, 1.54) is 140 Å². The van der Waals surface area contributed by atoms with Gasteiger partial charge in [-0.25, -0.2) is 0 Å². The molecule has 0 radical (unpaired) electrons.